The SMILES string of the molecule is CC(NC(=O)COc1ccc2c(c1)CCC2)C1CCCO1. The lowest BCUT2D eigenvalue weighted by molar-refractivity contribution is -0.124. The molecule has 3 rings (SSSR count). The Morgan fingerprint density at radius 2 is 2.24 bits per heavy atom. The number of carbonyl (C=O) groups is 1. The van der Waals surface area contributed by atoms with Crippen LogP contribution in [0.25, 0.3) is 0 Å². The molecule has 0 bridgehead atoms. The molecule has 0 aromatic heterocycles. The van der Waals surface area contributed by atoms with Crippen LogP contribution in [0.3, 0.4) is 0 Å². The molecule has 0 spiro atoms. The molecule has 1 aliphatic carbocycles. The van der Waals surface area contributed by atoms with Crippen molar-refractivity contribution in [1.82, 2.24) is 5.32 Å². The number of fused-ring (bicyclic) bond motifs is 1. The average molecular weight is 289 g/mol. The van der Waals surface area contributed by atoms with Crippen LogP contribution in [0.1, 0.15) is 37.3 Å². The zero-order valence-corrected chi connectivity index (χ0v) is 12.6. The summed E-state index contributed by atoms with van der Waals surface area (Å²) in [5.74, 6) is 0.703. The number of hydrogen-bond donors (Lipinski definition) is 1. The van der Waals surface area contributed by atoms with E-state index in [1.165, 1.54) is 17.5 Å². The fourth-order valence-electron chi connectivity index (χ4n) is 3.17. The van der Waals surface area contributed by atoms with Crippen molar-refractivity contribution in [2.45, 2.75) is 51.2 Å². The Balaban J connectivity index is 1.47. The average Bonchev–Trinajstić information content (AvgIpc) is 3.15. The van der Waals surface area contributed by atoms with Crippen LogP contribution in [0.15, 0.2) is 18.2 Å². The number of hydrogen-bond acceptors (Lipinski definition) is 3. The van der Waals surface area contributed by atoms with Crippen molar-refractivity contribution in [3.05, 3.63) is 29.3 Å². The third-order valence-electron chi connectivity index (χ3n) is 4.35. The van der Waals surface area contributed by atoms with Crippen LogP contribution in [-0.4, -0.2) is 31.3 Å². The van der Waals surface area contributed by atoms with Gasteiger partial charge in [0, 0.05) is 6.61 Å². The monoisotopic (exact) mass is 289 g/mol. The highest BCUT2D eigenvalue weighted by Crippen LogP contribution is 2.25. The Labute approximate surface area is 125 Å². The summed E-state index contributed by atoms with van der Waals surface area (Å²) in [6.45, 7) is 2.86. The highest BCUT2D eigenvalue weighted by molar-refractivity contribution is 5.77. The third kappa shape index (κ3) is 3.56. The highest BCUT2D eigenvalue weighted by atomic mass is 16.5. The number of nitrogens with one attached hydrogen (secondary N) is 1. The lowest BCUT2D eigenvalue weighted by atomic mass is 10.1. The Hall–Kier alpha value is -1.55. The van der Waals surface area contributed by atoms with Gasteiger partial charge in [-0.25, -0.2) is 0 Å². The van der Waals surface area contributed by atoms with Crippen LogP contribution in [0.2, 0.25) is 0 Å². The molecule has 1 heterocycles. The molecule has 114 valence electrons. The smallest absolute Gasteiger partial charge is 0.258 e. The minimum absolute atomic E-state index is 0.0450. The molecule has 1 fully saturated rings. The van der Waals surface area contributed by atoms with Gasteiger partial charge in [-0.1, -0.05) is 6.07 Å². The quantitative estimate of drug-likeness (QED) is 0.904. The van der Waals surface area contributed by atoms with Crippen LogP contribution in [0.5, 0.6) is 5.75 Å². The van der Waals surface area contributed by atoms with Gasteiger partial charge in [0.2, 0.25) is 0 Å². The summed E-state index contributed by atoms with van der Waals surface area (Å²) >= 11 is 0. The van der Waals surface area contributed by atoms with Crippen LogP contribution >= 0.6 is 0 Å². The van der Waals surface area contributed by atoms with Gasteiger partial charge in [-0.2, -0.15) is 0 Å². The summed E-state index contributed by atoms with van der Waals surface area (Å²) in [7, 11) is 0. The zero-order chi connectivity index (χ0) is 14.7. The Morgan fingerprint density at radius 3 is 3.05 bits per heavy atom. The molecule has 21 heavy (non-hydrogen) atoms. The number of amides is 1. The maximum Gasteiger partial charge on any atom is 0.258 e. The van der Waals surface area contributed by atoms with Crippen LogP contribution in [0, 0.1) is 0 Å². The van der Waals surface area contributed by atoms with Gasteiger partial charge in [-0.05, 0) is 62.3 Å². The van der Waals surface area contributed by atoms with Gasteiger partial charge >= 0.3 is 0 Å². The number of benzene rings is 1. The summed E-state index contributed by atoms with van der Waals surface area (Å²) in [6.07, 6.45) is 5.75. The summed E-state index contributed by atoms with van der Waals surface area (Å²) in [5.41, 5.74) is 2.78. The first-order valence-electron chi connectivity index (χ1n) is 7.88. The second-order valence-corrected chi connectivity index (χ2v) is 5.98. The van der Waals surface area contributed by atoms with E-state index in [0.717, 1.165) is 38.0 Å². The first-order chi connectivity index (χ1) is 10.2. The predicted molar refractivity (Wildman–Crippen MR) is 80.5 cm³/mol. The van der Waals surface area contributed by atoms with Gasteiger partial charge in [0.15, 0.2) is 6.61 Å². The largest absolute Gasteiger partial charge is 0.484 e. The van der Waals surface area contributed by atoms with E-state index in [9.17, 15) is 4.79 Å². The van der Waals surface area contributed by atoms with Gasteiger partial charge in [0.05, 0.1) is 12.1 Å². The van der Waals surface area contributed by atoms with Crippen LogP contribution in [0.4, 0.5) is 0 Å². The molecule has 1 amide bonds. The van der Waals surface area contributed by atoms with E-state index >= 15 is 0 Å². The van der Waals surface area contributed by atoms with E-state index in [4.69, 9.17) is 9.47 Å². The van der Waals surface area contributed by atoms with Crippen molar-refractivity contribution >= 4 is 5.91 Å². The first kappa shape index (κ1) is 14.4. The molecule has 1 aromatic rings. The second-order valence-electron chi connectivity index (χ2n) is 5.98. The third-order valence-corrected chi connectivity index (χ3v) is 4.35. The molecule has 1 N–H and O–H groups in total. The molecule has 0 radical (unpaired) electrons. The van der Waals surface area contributed by atoms with Gasteiger partial charge in [-0.15, -0.1) is 0 Å². The minimum Gasteiger partial charge on any atom is -0.484 e. The minimum atomic E-state index is -0.0847. The van der Waals surface area contributed by atoms with E-state index in [1.807, 2.05) is 13.0 Å². The summed E-state index contributed by atoms with van der Waals surface area (Å²) in [4.78, 5) is 11.9. The number of aryl methyl sites for hydroxylation is 2. The fourth-order valence-corrected chi connectivity index (χ4v) is 3.17. The van der Waals surface area contributed by atoms with Crippen LogP contribution < -0.4 is 10.1 Å². The van der Waals surface area contributed by atoms with Gasteiger partial charge in [0.1, 0.15) is 5.75 Å². The van der Waals surface area contributed by atoms with Crippen molar-refractivity contribution in [2.24, 2.45) is 0 Å². The molecule has 2 unspecified atom stereocenters. The molecule has 1 saturated heterocycles. The Bertz CT molecular complexity index is 509. The van der Waals surface area contributed by atoms with Crippen molar-refractivity contribution in [3.8, 4) is 5.75 Å². The normalized spacial score (nSPS) is 21.9. The van der Waals surface area contributed by atoms with E-state index in [1.54, 1.807) is 0 Å². The van der Waals surface area contributed by atoms with Gasteiger partial charge in [-0.3, -0.25) is 4.79 Å². The summed E-state index contributed by atoms with van der Waals surface area (Å²) in [6, 6.07) is 6.19. The maximum atomic E-state index is 11.9. The molecule has 4 heteroatoms. The fraction of sp³-hybridized carbons (Fsp3) is 0.588. The van der Waals surface area contributed by atoms with Crippen molar-refractivity contribution in [1.29, 1.82) is 0 Å². The number of rotatable bonds is 5. The van der Waals surface area contributed by atoms with Crippen molar-refractivity contribution in [3.63, 3.8) is 0 Å². The number of carbonyl (C=O) groups excluding carboxylic acids is 1. The van der Waals surface area contributed by atoms with E-state index < -0.39 is 0 Å². The lowest BCUT2D eigenvalue weighted by Crippen LogP contribution is -2.42. The summed E-state index contributed by atoms with van der Waals surface area (Å²) < 4.78 is 11.2. The van der Waals surface area contributed by atoms with E-state index in [0.29, 0.717) is 0 Å². The molecule has 1 aliphatic heterocycles. The zero-order valence-electron chi connectivity index (χ0n) is 12.6. The highest BCUT2D eigenvalue weighted by Gasteiger charge is 2.23. The van der Waals surface area contributed by atoms with Gasteiger partial charge < -0.3 is 14.8 Å². The number of ether oxygens (including phenoxy) is 2. The maximum absolute atomic E-state index is 11.9. The van der Waals surface area contributed by atoms with Crippen molar-refractivity contribution in [2.75, 3.05) is 13.2 Å². The standard InChI is InChI=1S/C17H23NO3/c1-12(16-6-3-9-20-16)18-17(19)11-21-15-8-7-13-4-2-5-14(13)10-15/h7-8,10,12,16H,2-6,9,11H2,1H3,(H,18,19). The first-order valence-corrected chi connectivity index (χ1v) is 7.88. The molecule has 2 atom stereocenters. The Kier molecular flexibility index (Phi) is 4.44. The van der Waals surface area contributed by atoms with Crippen molar-refractivity contribution < 1.29 is 14.3 Å². The topological polar surface area (TPSA) is 47.6 Å². The van der Waals surface area contributed by atoms with E-state index in [2.05, 4.69) is 17.4 Å². The predicted octanol–water partition coefficient (Wildman–Crippen LogP) is 2.24. The Morgan fingerprint density at radius 1 is 1.38 bits per heavy atom. The molecule has 2 aliphatic rings. The van der Waals surface area contributed by atoms with Gasteiger partial charge in [0.25, 0.3) is 5.91 Å². The lowest BCUT2D eigenvalue weighted by Gasteiger charge is -2.20. The van der Waals surface area contributed by atoms with E-state index in [-0.39, 0.29) is 24.7 Å². The second kappa shape index (κ2) is 6.48. The summed E-state index contributed by atoms with van der Waals surface area (Å²) in [5, 5.41) is 2.96. The molecule has 0 saturated carbocycles. The van der Waals surface area contributed by atoms with Crippen LogP contribution in [-0.2, 0) is 22.4 Å². The molecule has 4 nitrogen and oxygen atoms in total. The molecular formula is C17H23NO3. The molecular weight excluding hydrogens is 266 g/mol. The molecule has 1 aromatic carbocycles.